The van der Waals surface area contributed by atoms with Crippen molar-refractivity contribution in [1.29, 1.82) is 0 Å². The first-order chi connectivity index (χ1) is 12.7. The molecule has 1 saturated heterocycles. The van der Waals surface area contributed by atoms with E-state index in [4.69, 9.17) is 0 Å². The van der Waals surface area contributed by atoms with Gasteiger partial charge in [0.15, 0.2) is 5.96 Å². The number of hydrogen-bond acceptors (Lipinski definition) is 4. The van der Waals surface area contributed by atoms with E-state index in [9.17, 15) is 5.11 Å². The van der Waals surface area contributed by atoms with Crippen molar-refractivity contribution in [3.63, 3.8) is 0 Å². The van der Waals surface area contributed by atoms with E-state index in [0.29, 0.717) is 5.75 Å². The zero-order chi connectivity index (χ0) is 18.8. The van der Waals surface area contributed by atoms with Gasteiger partial charge in [0.05, 0.1) is 5.69 Å². The van der Waals surface area contributed by atoms with Crippen LogP contribution in [0.15, 0.2) is 29.3 Å². The highest BCUT2D eigenvalue weighted by molar-refractivity contribution is 5.80. The van der Waals surface area contributed by atoms with Crippen LogP contribution < -0.4 is 10.2 Å². The first kappa shape index (κ1) is 20.4. The smallest absolute Gasteiger partial charge is 0.193 e. The summed E-state index contributed by atoms with van der Waals surface area (Å²) >= 11 is 0. The van der Waals surface area contributed by atoms with Gasteiger partial charge in [0.1, 0.15) is 5.75 Å². The number of unbranched alkanes of at least 4 members (excludes halogenated alkanes) is 1. The van der Waals surface area contributed by atoms with Crippen LogP contribution >= 0.6 is 0 Å². The second kappa shape index (κ2) is 10.9. The number of phenols is 1. The molecule has 1 fully saturated rings. The van der Waals surface area contributed by atoms with Gasteiger partial charge in [-0.05, 0) is 44.6 Å². The van der Waals surface area contributed by atoms with E-state index in [0.717, 1.165) is 63.9 Å². The van der Waals surface area contributed by atoms with Crippen LogP contribution in [0.25, 0.3) is 0 Å². The molecule has 0 atom stereocenters. The fourth-order valence-electron chi connectivity index (χ4n) is 3.42. The summed E-state index contributed by atoms with van der Waals surface area (Å²) in [5.41, 5.74) is 0.923. The fourth-order valence-corrected chi connectivity index (χ4v) is 3.42. The number of phenolic OH excluding ortho intramolecular Hbond substituents is 1. The third-order valence-electron chi connectivity index (χ3n) is 5.09. The van der Waals surface area contributed by atoms with Crippen molar-refractivity contribution in [2.75, 3.05) is 64.3 Å². The average Bonchev–Trinajstić information content (AvgIpc) is 2.68. The molecule has 1 heterocycles. The van der Waals surface area contributed by atoms with Gasteiger partial charge >= 0.3 is 0 Å². The maximum absolute atomic E-state index is 10.0. The van der Waals surface area contributed by atoms with Crippen LogP contribution in [-0.4, -0.2) is 80.3 Å². The predicted molar refractivity (Wildman–Crippen MR) is 110 cm³/mol. The second-order valence-corrected chi connectivity index (χ2v) is 6.67. The van der Waals surface area contributed by atoms with Crippen LogP contribution in [-0.2, 0) is 0 Å². The monoisotopic (exact) mass is 361 g/mol. The van der Waals surface area contributed by atoms with Gasteiger partial charge in [-0.15, -0.1) is 0 Å². The van der Waals surface area contributed by atoms with Crippen LogP contribution in [0.1, 0.15) is 26.7 Å². The highest BCUT2D eigenvalue weighted by Crippen LogP contribution is 2.27. The Bertz CT molecular complexity index is 551. The fraction of sp³-hybridized carbons (Fsp3) is 0.650. The summed E-state index contributed by atoms with van der Waals surface area (Å²) in [4.78, 5) is 11.5. The Morgan fingerprint density at radius 1 is 1.12 bits per heavy atom. The number of nitrogens with one attached hydrogen (secondary N) is 1. The molecule has 0 aromatic heterocycles. The number of aromatic hydroxyl groups is 1. The third kappa shape index (κ3) is 5.80. The lowest BCUT2D eigenvalue weighted by molar-refractivity contribution is 0.296. The van der Waals surface area contributed by atoms with Gasteiger partial charge in [-0.1, -0.05) is 26.0 Å². The number of anilines is 1. The van der Waals surface area contributed by atoms with Crippen molar-refractivity contribution in [3.8, 4) is 5.75 Å². The van der Waals surface area contributed by atoms with Crippen molar-refractivity contribution in [2.45, 2.75) is 26.7 Å². The molecule has 26 heavy (non-hydrogen) atoms. The number of nitrogens with zero attached hydrogens (tertiary/aromatic N) is 4. The summed E-state index contributed by atoms with van der Waals surface area (Å²) in [6.07, 6.45) is 2.38. The van der Waals surface area contributed by atoms with E-state index < -0.39 is 0 Å². The molecule has 6 nitrogen and oxygen atoms in total. The Morgan fingerprint density at radius 2 is 1.81 bits per heavy atom. The molecule has 0 saturated carbocycles. The number of para-hydroxylation sites is 2. The first-order valence-corrected chi connectivity index (χ1v) is 9.90. The Kier molecular flexibility index (Phi) is 8.54. The maximum Gasteiger partial charge on any atom is 0.193 e. The predicted octanol–water partition coefficient (Wildman–Crippen LogP) is 2.21. The normalized spacial score (nSPS) is 15.6. The van der Waals surface area contributed by atoms with Gasteiger partial charge in [0.2, 0.25) is 0 Å². The van der Waals surface area contributed by atoms with E-state index in [1.807, 2.05) is 25.2 Å². The topological polar surface area (TPSA) is 54.3 Å². The van der Waals surface area contributed by atoms with Gasteiger partial charge in [-0.2, -0.15) is 0 Å². The summed E-state index contributed by atoms with van der Waals surface area (Å²) in [5.74, 6) is 1.35. The molecule has 0 aliphatic carbocycles. The van der Waals surface area contributed by atoms with Gasteiger partial charge in [0, 0.05) is 39.8 Å². The zero-order valence-electron chi connectivity index (χ0n) is 16.6. The standard InChI is InChI=1S/C20H35N5O/c1-4-23(5-2)13-9-8-12-22-20(21-3)25-16-14-24(15-17-25)18-10-6-7-11-19(18)26/h6-7,10-11,26H,4-5,8-9,12-17H2,1-3H3,(H,21,22). The van der Waals surface area contributed by atoms with Crippen LogP contribution in [0.2, 0.25) is 0 Å². The lowest BCUT2D eigenvalue weighted by atomic mass is 10.2. The van der Waals surface area contributed by atoms with Crippen LogP contribution in [0.5, 0.6) is 5.75 Å². The SMILES string of the molecule is CCN(CC)CCCCNC(=NC)N1CCN(c2ccccc2O)CC1. The number of piperazine rings is 1. The summed E-state index contributed by atoms with van der Waals surface area (Å²) < 4.78 is 0. The lowest BCUT2D eigenvalue weighted by Gasteiger charge is -2.37. The molecule has 0 spiro atoms. The van der Waals surface area contributed by atoms with Crippen LogP contribution in [0.3, 0.4) is 0 Å². The highest BCUT2D eigenvalue weighted by atomic mass is 16.3. The van der Waals surface area contributed by atoms with E-state index in [-0.39, 0.29) is 0 Å². The summed E-state index contributed by atoms with van der Waals surface area (Å²) in [7, 11) is 1.85. The van der Waals surface area contributed by atoms with Gasteiger partial charge in [-0.25, -0.2) is 0 Å². The first-order valence-electron chi connectivity index (χ1n) is 9.90. The minimum absolute atomic E-state index is 0.358. The molecule has 0 radical (unpaired) electrons. The van der Waals surface area contributed by atoms with Crippen molar-refractivity contribution in [3.05, 3.63) is 24.3 Å². The van der Waals surface area contributed by atoms with E-state index >= 15 is 0 Å². The summed E-state index contributed by atoms with van der Waals surface area (Å²) in [6.45, 7) is 12.4. The highest BCUT2D eigenvalue weighted by Gasteiger charge is 2.21. The second-order valence-electron chi connectivity index (χ2n) is 6.67. The van der Waals surface area contributed by atoms with E-state index in [1.165, 1.54) is 13.0 Å². The molecular weight excluding hydrogens is 326 g/mol. The molecule has 0 amide bonds. The molecule has 6 heteroatoms. The molecule has 0 unspecified atom stereocenters. The molecule has 2 N–H and O–H groups in total. The molecule has 146 valence electrons. The molecule has 2 rings (SSSR count). The van der Waals surface area contributed by atoms with Gasteiger partial charge in [0.25, 0.3) is 0 Å². The van der Waals surface area contributed by atoms with Crippen LogP contribution in [0.4, 0.5) is 5.69 Å². The Balaban J connectivity index is 1.72. The third-order valence-corrected chi connectivity index (χ3v) is 5.09. The molecule has 1 aliphatic heterocycles. The molecular formula is C20H35N5O. The molecule has 1 aliphatic rings. The number of hydrogen-bond donors (Lipinski definition) is 2. The quantitative estimate of drug-likeness (QED) is 0.422. The van der Waals surface area contributed by atoms with Crippen LogP contribution in [0, 0.1) is 0 Å². The minimum Gasteiger partial charge on any atom is -0.506 e. The van der Waals surface area contributed by atoms with E-state index in [2.05, 4.69) is 38.9 Å². The Morgan fingerprint density at radius 3 is 2.42 bits per heavy atom. The van der Waals surface area contributed by atoms with Crippen molar-refractivity contribution in [1.82, 2.24) is 15.1 Å². The summed E-state index contributed by atoms with van der Waals surface area (Å²) in [5, 5.41) is 13.5. The Labute approximate surface area is 158 Å². The lowest BCUT2D eigenvalue weighted by Crippen LogP contribution is -2.52. The van der Waals surface area contributed by atoms with Gasteiger partial charge in [-0.3, -0.25) is 4.99 Å². The number of rotatable bonds is 8. The zero-order valence-corrected chi connectivity index (χ0v) is 16.6. The molecule has 1 aromatic rings. The summed E-state index contributed by atoms with van der Waals surface area (Å²) in [6, 6.07) is 7.57. The number of benzene rings is 1. The maximum atomic E-state index is 10.0. The molecule has 1 aromatic carbocycles. The number of aliphatic imine (C=N–C) groups is 1. The number of guanidine groups is 1. The minimum atomic E-state index is 0.358. The molecule has 0 bridgehead atoms. The van der Waals surface area contributed by atoms with Gasteiger partial charge < -0.3 is 25.1 Å². The Hall–Kier alpha value is -1.95. The average molecular weight is 362 g/mol. The largest absolute Gasteiger partial charge is 0.506 e. The van der Waals surface area contributed by atoms with Crippen molar-refractivity contribution < 1.29 is 5.11 Å². The van der Waals surface area contributed by atoms with E-state index in [1.54, 1.807) is 6.07 Å². The van der Waals surface area contributed by atoms with Crippen molar-refractivity contribution >= 4 is 11.6 Å². The van der Waals surface area contributed by atoms with Crippen molar-refractivity contribution in [2.24, 2.45) is 4.99 Å².